The van der Waals surface area contributed by atoms with Gasteiger partial charge in [-0.3, -0.25) is 4.68 Å². The van der Waals surface area contributed by atoms with Crippen molar-refractivity contribution in [2.75, 3.05) is 11.9 Å². The quantitative estimate of drug-likeness (QED) is 0.805. The second kappa shape index (κ2) is 6.43. The Morgan fingerprint density at radius 2 is 2.29 bits per heavy atom. The molecule has 3 rings (SSSR count). The van der Waals surface area contributed by atoms with Crippen molar-refractivity contribution in [1.29, 1.82) is 0 Å². The fourth-order valence-corrected chi connectivity index (χ4v) is 3.38. The van der Waals surface area contributed by atoms with Gasteiger partial charge >= 0.3 is 6.03 Å². The topological polar surface area (TPSA) is 79.2 Å². The highest BCUT2D eigenvalue weighted by Gasteiger charge is 2.39. The molecular formula is C18H26N4O2. The van der Waals surface area contributed by atoms with E-state index in [0.717, 1.165) is 35.9 Å². The minimum Gasteiger partial charge on any atom is -0.396 e. The van der Waals surface area contributed by atoms with E-state index in [9.17, 15) is 9.90 Å². The van der Waals surface area contributed by atoms with Gasteiger partial charge in [0, 0.05) is 34.8 Å². The molecule has 6 heteroatoms. The number of carbonyl (C=O) groups excluding carboxylic acids is 1. The average Bonchev–Trinajstić information content (AvgIpc) is 3.12. The number of nitrogens with one attached hydrogen (secondary N) is 2. The lowest BCUT2D eigenvalue weighted by Gasteiger charge is -2.30. The summed E-state index contributed by atoms with van der Waals surface area (Å²) in [7, 11) is 0. The molecule has 1 saturated carbocycles. The average molecular weight is 330 g/mol. The van der Waals surface area contributed by atoms with E-state index in [0.29, 0.717) is 6.04 Å². The smallest absolute Gasteiger partial charge is 0.319 e. The van der Waals surface area contributed by atoms with Crippen LogP contribution in [0, 0.1) is 5.41 Å². The van der Waals surface area contributed by atoms with Crippen molar-refractivity contribution in [3.8, 4) is 0 Å². The molecule has 2 atom stereocenters. The monoisotopic (exact) mass is 330 g/mol. The highest BCUT2D eigenvalue weighted by atomic mass is 16.3. The van der Waals surface area contributed by atoms with Crippen LogP contribution < -0.4 is 10.6 Å². The molecule has 0 radical (unpaired) electrons. The first-order valence-corrected chi connectivity index (χ1v) is 8.58. The molecule has 1 aromatic carbocycles. The zero-order valence-corrected chi connectivity index (χ0v) is 14.5. The minimum absolute atomic E-state index is 0.00919. The molecule has 0 bridgehead atoms. The second-order valence-electron chi connectivity index (χ2n) is 7.33. The predicted octanol–water partition coefficient (Wildman–Crippen LogP) is 3.29. The Morgan fingerprint density at radius 1 is 1.50 bits per heavy atom. The van der Waals surface area contributed by atoms with Crippen LogP contribution in [0.1, 0.15) is 46.1 Å². The third-order valence-electron chi connectivity index (χ3n) is 5.06. The third kappa shape index (κ3) is 3.24. The number of rotatable bonds is 4. The van der Waals surface area contributed by atoms with E-state index in [4.69, 9.17) is 0 Å². The van der Waals surface area contributed by atoms with Gasteiger partial charge in [-0.15, -0.1) is 0 Å². The Bertz CT molecular complexity index is 740. The number of hydrogen-bond acceptors (Lipinski definition) is 3. The SMILES string of the molecule is CC(C)n1cc2cc(NC(=O)NC3CCCC3(C)CO)ccc2n1. The zero-order chi connectivity index (χ0) is 17.3. The lowest BCUT2D eigenvalue weighted by atomic mass is 9.86. The number of aliphatic hydroxyl groups is 1. The Balaban J connectivity index is 1.69. The molecule has 2 unspecified atom stereocenters. The normalized spacial score (nSPS) is 23.8. The molecule has 1 heterocycles. The summed E-state index contributed by atoms with van der Waals surface area (Å²) < 4.78 is 1.92. The highest BCUT2D eigenvalue weighted by Crippen LogP contribution is 2.37. The number of hydrogen-bond donors (Lipinski definition) is 3. The Kier molecular flexibility index (Phi) is 4.49. The van der Waals surface area contributed by atoms with Crippen LogP contribution in [0.5, 0.6) is 0 Å². The van der Waals surface area contributed by atoms with E-state index in [1.807, 2.05) is 36.0 Å². The summed E-state index contributed by atoms with van der Waals surface area (Å²) in [5, 5.41) is 21.0. The molecule has 2 amide bonds. The van der Waals surface area contributed by atoms with Gasteiger partial charge in [-0.25, -0.2) is 4.79 Å². The number of carbonyl (C=O) groups is 1. The largest absolute Gasteiger partial charge is 0.396 e. The Labute approximate surface area is 142 Å². The first-order valence-electron chi connectivity index (χ1n) is 8.58. The van der Waals surface area contributed by atoms with E-state index in [2.05, 4.69) is 29.6 Å². The van der Waals surface area contributed by atoms with Crippen molar-refractivity contribution in [1.82, 2.24) is 15.1 Å². The van der Waals surface area contributed by atoms with Crippen LogP contribution >= 0.6 is 0 Å². The number of aromatic nitrogens is 2. The zero-order valence-electron chi connectivity index (χ0n) is 14.5. The summed E-state index contributed by atoms with van der Waals surface area (Å²) in [6.07, 6.45) is 4.87. The van der Waals surface area contributed by atoms with Crippen LogP contribution in [-0.4, -0.2) is 33.6 Å². The fraction of sp³-hybridized carbons (Fsp3) is 0.556. The van der Waals surface area contributed by atoms with E-state index < -0.39 is 0 Å². The van der Waals surface area contributed by atoms with E-state index in [1.54, 1.807) is 0 Å². The van der Waals surface area contributed by atoms with Gasteiger partial charge in [-0.1, -0.05) is 13.3 Å². The molecule has 1 aromatic heterocycles. The van der Waals surface area contributed by atoms with Crippen LogP contribution in [0.3, 0.4) is 0 Å². The van der Waals surface area contributed by atoms with Crippen LogP contribution in [0.4, 0.5) is 10.5 Å². The first-order chi connectivity index (χ1) is 11.4. The number of anilines is 1. The van der Waals surface area contributed by atoms with Gasteiger partial charge < -0.3 is 15.7 Å². The van der Waals surface area contributed by atoms with Gasteiger partial charge in [0.1, 0.15) is 0 Å². The van der Waals surface area contributed by atoms with Crippen molar-refractivity contribution in [2.45, 2.75) is 52.1 Å². The second-order valence-corrected chi connectivity index (χ2v) is 7.33. The molecule has 24 heavy (non-hydrogen) atoms. The Morgan fingerprint density at radius 3 is 3.00 bits per heavy atom. The van der Waals surface area contributed by atoms with Crippen LogP contribution in [-0.2, 0) is 0 Å². The molecule has 2 aromatic rings. The Hall–Kier alpha value is -2.08. The maximum atomic E-state index is 12.3. The molecule has 0 saturated heterocycles. The maximum Gasteiger partial charge on any atom is 0.319 e. The van der Waals surface area contributed by atoms with E-state index >= 15 is 0 Å². The van der Waals surface area contributed by atoms with Gasteiger partial charge in [0.15, 0.2) is 0 Å². The molecule has 130 valence electrons. The lowest BCUT2D eigenvalue weighted by Crippen LogP contribution is -2.46. The van der Waals surface area contributed by atoms with Crippen molar-refractivity contribution in [3.63, 3.8) is 0 Å². The van der Waals surface area contributed by atoms with Gasteiger partial charge in [-0.05, 0) is 44.9 Å². The molecule has 1 fully saturated rings. The van der Waals surface area contributed by atoms with Crippen molar-refractivity contribution >= 4 is 22.6 Å². The molecule has 1 aliphatic carbocycles. The van der Waals surface area contributed by atoms with Gasteiger partial charge in [-0.2, -0.15) is 5.10 Å². The van der Waals surface area contributed by atoms with Crippen molar-refractivity contribution in [3.05, 3.63) is 24.4 Å². The van der Waals surface area contributed by atoms with Crippen molar-refractivity contribution < 1.29 is 9.90 Å². The van der Waals surface area contributed by atoms with E-state index in [1.165, 1.54) is 0 Å². The van der Waals surface area contributed by atoms with Gasteiger partial charge in [0.25, 0.3) is 0 Å². The third-order valence-corrected chi connectivity index (χ3v) is 5.06. The number of urea groups is 1. The fourth-order valence-electron chi connectivity index (χ4n) is 3.38. The van der Waals surface area contributed by atoms with E-state index in [-0.39, 0.29) is 24.1 Å². The summed E-state index contributed by atoms with van der Waals surface area (Å²) in [5.41, 5.74) is 1.44. The number of fused-ring (bicyclic) bond motifs is 1. The van der Waals surface area contributed by atoms with Crippen molar-refractivity contribution in [2.24, 2.45) is 5.41 Å². The van der Waals surface area contributed by atoms with Gasteiger partial charge in [0.2, 0.25) is 0 Å². The standard InChI is InChI=1S/C18H26N4O2/c1-12(2)22-10-13-9-14(6-7-15(13)21-22)19-17(24)20-16-5-4-8-18(16,3)11-23/h6-7,9-10,12,16,23H,4-5,8,11H2,1-3H3,(H2,19,20,24). The summed E-state index contributed by atoms with van der Waals surface area (Å²) in [4.78, 5) is 12.3. The molecule has 1 aliphatic rings. The molecule has 6 nitrogen and oxygen atoms in total. The highest BCUT2D eigenvalue weighted by molar-refractivity contribution is 5.92. The number of aliphatic hydroxyl groups excluding tert-OH is 1. The molecular weight excluding hydrogens is 304 g/mol. The number of benzene rings is 1. The minimum atomic E-state index is -0.225. The summed E-state index contributed by atoms with van der Waals surface area (Å²) in [5.74, 6) is 0. The summed E-state index contributed by atoms with van der Waals surface area (Å²) in [6.45, 7) is 6.28. The van der Waals surface area contributed by atoms with Crippen LogP contribution in [0.25, 0.3) is 10.9 Å². The summed E-state index contributed by atoms with van der Waals surface area (Å²) >= 11 is 0. The van der Waals surface area contributed by atoms with Crippen LogP contribution in [0.15, 0.2) is 24.4 Å². The van der Waals surface area contributed by atoms with Crippen LogP contribution in [0.2, 0.25) is 0 Å². The predicted molar refractivity (Wildman–Crippen MR) is 95.1 cm³/mol. The number of nitrogens with zero attached hydrogens (tertiary/aromatic N) is 2. The van der Waals surface area contributed by atoms with Gasteiger partial charge in [0.05, 0.1) is 12.1 Å². The molecule has 0 spiro atoms. The molecule has 3 N–H and O–H groups in total. The summed E-state index contributed by atoms with van der Waals surface area (Å²) in [6, 6.07) is 5.79. The number of amides is 2. The maximum absolute atomic E-state index is 12.3. The molecule has 0 aliphatic heterocycles. The first kappa shape index (κ1) is 16.8. The lowest BCUT2D eigenvalue weighted by molar-refractivity contribution is 0.122.